The molecule has 1 rings (SSSR count). The van der Waals surface area contributed by atoms with Gasteiger partial charge in [-0.3, -0.25) is 4.99 Å². The Hall–Kier alpha value is -0.530. The van der Waals surface area contributed by atoms with E-state index in [4.69, 9.17) is 0 Å². The summed E-state index contributed by atoms with van der Waals surface area (Å²) < 4.78 is 0. The quantitative estimate of drug-likeness (QED) is 0.492. The minimum atomic E-state index is 0.468. The van der Waals surface area contributed by atoms with Crippen molar-refractivity contribution in [2.45, 2.75) is 32.9 Å². The fourth-order valence-electron chi connectivity index (χ4n) is 0.905. The Morgan fingerprint density at radius 1 is 1.50 bits per heavy atom. The lowest BCUT2D eigenvalue weighted by molar-refractivity contribution is 0.601. The van der Waals surface area contributed by atoms with Gasteiger partial charge in [-0.1, -0.05) is 0 Å². The van der Waals surface area contributed by atoms with Crippen LogP contribution >= 0.6 is 0 Å². The minimum absolute atomic E-state index is 0.468. The monoisotopic (exact) mass is 112 g/mol. The van der Waals surface area contributed by atoms with E-state index in [0.717, 1.165) is 5.84 Å². The molecule has 0 saturated heterocycles. The second-order valence-electron chi connectivity index (χ2n) is 2.39. The normalized spacial score (nSPS) is 36.6. The summed E-state index contributed by atoms with van der Waals surface area (Å²) in [6.45, 7) is 6.26. The molecular formula is C6H12N2. The number of aliphatic imine (C=N–C) groups is 1. The standard InChI is InChI=1S/C6H12N2/c1-4-5(2)8-6(3)7-4/h4-5H,1-3H3,(H,7,8). The molecule has 1 aliphatic heterocycles. The number of rotatable bonds is 0. The van der Waals surface area contributed by atoms with Gasteiger partial charge in [0.05, 0.1) is 11.9 Å². The van der Waals surface area contributed by atoms with Gasteiger partial charge in [-0.15, -0.1) is 0 Å². The zero-order valence-electron chi connectivity index (χ0n) is 5.60. The van der Waals surface area contributed by atoms with E-state index < -0.39 is 0 Å². The molecule has 0 aromatic rings. The lowest BCUT2D eigenvalue weighted by Gasteiger charge is -2.05. The van der Waals surface area contributed by atoms with E-state index in [9.17, 15) is 0 Å². The second-order valence-corrected chi connectivity index (χ2v) is 2.39. The average Bonchev–Trinajstić information content (AvgIpc) is 1.85. The Labute approximate surface area is 50.0 Å². The highest BCUT2D eigenvalue weighted by Gasteiger charge is 2.16. The maximum absolute atomic E-state index is 4.28. The van der Waals surface area contributed by atoms with Crippen LogP contribution in [0.15, 0.2) is 4.99 Å². The van der Waals surface area contributed by atoms with E-state index in [1.165, 1.54) is 0 Å². The van der Waals surface area contributed by atoms with Crippen molar-refractivity contribution in [2.24, 2.45) is 4.99 Å². The predicted octanol–water partition coefficient (Wildman–Crippen LogP) is 0.785. The van der Waals surface area contributed by atoms with Gasteiger partial charge in [0.1, 0.15) is 0 Å². The van der Waals surface area contributed by atoms with Crippen molar-refractivity contribution >= 4 is 5.84 Å². The van der Waals surface area contributed by atoms with E-state index in [1.807, 2.05) is 6.92 Å². The largest absolute Gasteiger partial charge is 0.369 e. The zero-order chi connectivity index (χ0) is 6.15. The molecule has 0 aliphatic carbocycles. The molecule has 0 radical (unpaired) electrons. The highest BCUT2D eigenvalue weighted by atomic mass is 15.1. The van der Waals surface area contributed by atoms with Crippen molar-refractivity contribution in [1.29, 1.82) is 0 Å². The van der Waals surface area contributed by atoms with Crippen molar-refractivity contribution in [2.75, 3.05) is 0 Å². The molecule has 0 aromatic carbocycles. The SMILES string of the molecule is CC1=NC(C)C(C)N1. The molecule has 0 spiro atoms. The zero-order valence-corrected chi connectivity index (χ0v) is 5.60. The van der Waals surface area contributed by atoms with Crippen molar-refractivity contribution in [3.8, 4) is 0 Å². The van der Waals surface area contributed by atoms with Gasteiger partial charge in [-0.2, -0.15) is 0 Å². The molecule has 46 valence electrons. The molecule has 0 fully saturated rings. The van der Waals surface area contributed by atoms with Crippen LogP contribution in [0.25, 0.3) is 0 Å². The molecule has 8 heavy (non-hydrogen) atoms. The Morgan fingerprint density at radius 2 is 2.12 bits per heavy atom. The van der Waals surface area contributed by atoms with Gasteiger partial charge in [0.25, 0.3) is 0 Å². The summed E-state index contributed by atoms with van der Waals surface area (Å²) >= 11 is 0. The van der Waals surface area contributed by atoms with Gasteiger partial charge in [-0.05, 0) is 20.8 Å². The minimum Gasteiger partial charge on any atom is -0.369 e. The van der Waals surface area contributed by atoms with Crippen LogP contribution in [0.2, 0.25) is 0 Å². The van der Waals surface area contributed by atoms with Crippen molar-refractivity contribution < 1.29 is 0 Å². The first kappa shape index (κ1) is 5.60. The summed E-state index contributed by atoms with van der Waals surface area (Å²) in [7, 11) is 0. The van der Waals surface area contributed by atoms with Gasteiger partial charge in [0.2, 0.25) is 0 Å². The summed E-state index contributed by atoms with van der Waals surface area (Å²) in [4.78, 5) is 4.28. The van der Waals surface area contributed by atoms with E-state index in [0.29, 0.717) is 12.1 Å². The van der Waals surface area contributed by atoms with Gasteiger partial charge in [-0.25, -0.2) is 0 Å². The number of hydrogen-bond donors (Lipinski definition) is 1. The second kappa shape index (κ2) is 1.77. The third kappa shape index (κ3) is 0.831. The Bertz CT molecular complexity index is 118. The van der Waals surface area contributed by atoms with E-state index in [-0.39, 0.29) is 0 Å². The molecule has 0 amide bonds. The topological polar surface area (TPSA) is 24.4 Å². The van der Waals surface area contributed by atoms with E-state index in [2.05, 4.69) is 24.2 Å². The van der Waals surface area contributed by atoms with Crippen molar-refractivity contribution in [3.63, 3.8) is 0 Å². The molecule has 1 heterocycles. The number of amidine groups is 1. The maximum Gasteiger partial charge on any atom is 0.0938 e. The van der Waals surface area contributed by atoms with Crippen LogP contribution < -0.4 is 5.32 Å². The van der Waals surface area contributed by atoms with Gasteiger partial charge in [0, 0.05) is 6.04 Å². The van der Waals surface area contributed by atoms with Crippen molar-refractivity contribution in [1.82, 2.24) is 5.32 Å². The van der Waals surface area contributed by atoms with Crippen LogP contribution in [0.1, 0.15) is 20.8 Å². The maximum atomic E-state index is 4.28. The van der Waals surface area contributed by atoms with Crippen LogP contribution in [0.5, 0.6) is 0 Å². The summed E-state index contributed by atoms with van der Waals surface area (Å²) in [5.74, 6) is 1.07. The van der Waals surface area contributed by atoms with Crippen LogP contribution in [0.4, 0.5) is 0 Å². The molecule has 0 aromatic heterocycles. The summed E-state index contributed by atoms with van der Waals surface area (Å²) in [5.41, 5.74) is 0. The van der Waals surface area contributed by atoms with Crippen LogP contribution in [-0.2, 0) is 0 Å². The molecule has 2 nitrogen and oxygen atoms in total. The fraction of sp³-hybridized carbons (Fsp3) is 0.833. The van der Waals surface area contributed by atoms with E-state index in [1.54, 1.807) is 0 Å². The number of hydrogen-bond acceptors (Lipinski definition) is 2. The first-order valence-corrected chi connectivity index (χ1v) is 3.01. The fourth-order valence-corrected chi connectivity index (χ4v) is 0.905. The van der Waals surface area contributed by atoms with Gasteiger partial charge in [0.15, 0.2) is 0 Å². The first-order chi connectivity index (χ1) is 3.70. The third-order valence-corrected chi connectivity index (χ3v) is 1.56. The van der Waals surface area contributed by atoms with E-state index >= 15 is 0 Å². The summed E-state index contributed by atoms with van der Waals surface area (Å²) in [6, 6.07) is 1.00. The molecule has 1 aliphatic rings. The molecular weight excluding hydrogens is 100 g/mol. The molecule has 2 atom stereocenters. The first-order valence-electron chi connectivity index (χ1n) is 3.01. The lowest BCUT2D eigenvalue weighted by Crippen LogP contribution is -2.28. The van der Waals surface area contributed by atoms with Gasteiger partial charge >= 0.3 is 0 Å². The predicted molar refractivity (Wildman–Crippen MR) is 35.2 cm³/mol. The Kier molecular flexibility index (Phi) is 1.24. The molecule has 2 heteroatoms. The molecule has 0 saturated carbocycles. The number of nitrogens with zero attached hydrogens (tertiary/aromatic N) is 1. The Balaban J connectivity index is 2.56. The molecule has 1 N–H and O–H groups in total. The third-order valence-electron chi connectivity index (χ3n) is 1.56. The average molecular weight is 112 g/mol. The molecule has 2 unspecified atom stereocenters. The summed E-state index contributed by atoms with van der Waals surface area (Å²) in [5, 5.41) is 3.22. The van der Waals surface area contributed by atoms with Crippen molar-refractivity contribution in [3.05, 3.63) is 0 Å². The molecule has 0 bridgehead atoms. The van der Waals surface area contributed by atoms with Crippen LogP contribution in [0, 0.1) is 0 Å². The van der Waals surface area contributed by atoms with Crippen LogP contribution in [-0.4, -0.2) is 17.9 Å². The summed E-state index contributed by atoms with van der Waals surface area (Å²) in [6.07, 6.45) is 0. The van der Waals surface area contributed by atoms with Crippen LogP contribution in [0.3, 0.4) is 0 Å². The van der Waals surface area contributed by atoms with Gasteiger partial charge < -0.3 is 5.32 Å². The lowest BCUT2D eigenvalue weighted by atomic mass is 10.2. The highest BCUT2D eigenvalue weighted by molar-refractivity contribution is 5.81. The smallest absolute Gasteiger partial charge is 0.0938 e. The number of nitrogens with one attached hydrogen (secondary N) is 1. The Morgan fingerprint density at radius 3 is 2.25 bits per heavy atom. The highest BCUT2D eigenvalue weighted by Crippen LogP contribution is 2.03.